The molecule has 0 atom stereocenters. The highest BCUT2D eigenvalue weighted by Gasteiger charge is 2.29. The molecule has 0 saturated carbocycles. The SMILES string of the molecule is O=C1c2c(cccc2NCc2cccnc2)CN1CCc1ccc2ccccc2n1. The minimum atomic E-state index is 0.0834. The molecule has 30 heavy (non-hydrogen) atoms. The summed E-state index contributed by atoms with van der Waals surface area (Å²) in [5.74, 6) is 0.0834. The number of amides is 1. The molecule has 0 saturated heterocycles. The van der Waals surface area contributed by atoms with Crippen molar-refractivity contribution in [2.45, 2.75) is 19.5 Å². The summed E-state index contributed by atoms with van der Waals surface area (Å²) in [4.78, 5) is 23.9. The lowest BCUT2D eigenvalue weighted by Crippen LogP contribution is -2.26. The Labute approximate surface area is 175 Å². The summed E-state index contributed by atoms with van der Waals surface area (Å²) < 4.78 is 0. The van der Waals surface area contributed by atoms with Crippen LogP contribution in [0.25, 0.3) is 10.9 Å². The van der Waals surface area contributed by atoms with Gasteiger partial charge in [0.1, 0.15) is 0 Å². The molecule has 0 bridgehead atoms. The first-order chi connectivity index (χ1) is 14.8. The van der Waals surface area contributed by atoms with Gasteiger partial charge in [-0.15, -0.1) is 0 Å². The number of anilines is 1. The maximum atomic E-state index is 13.1. The number of benzene rings is 2. The second-order valence-electron chi connectivity index (χ2n) is 7.53. The van der Waals surface area contributed by atoms with Gasteiger partial charge in [0.2, 0.25) is 0 Å². The first-order valence-electron chi connectivity index (χ1n) is 10.2. The Balaban J connectivity index is 1.28. The molecule has 0 radical (unpaired) electrons. The maximum Gasteiger partial charge on any atom is 0.256 e. The van der Waals surface area contributed by atoms with E-state index in [0.29, 0.717) is 19.6 Å². The highest BCUT2D eigenvalue weighted by Crippen LogP contribution is 2.30. The van der Waals surface area contributed by atoms with Crippen molar-refractivity contribution in [3.63, 3.8) is 0 Å². The zero-order valence-electron chi connectivity index (χ0n) is 16.6. The van der Waals surface area contributed by atoms with Gasteiger partial charge >= 0.3 is 0 Å². The Morgan fingerprint density at radius 1 is 0.967 bits per heavy atom. The smallest absolute Gasteiger partial charge is 0.256 e. The molecule has 2 aromatic heterocycles. The summed E-state index contributed by atoms with van der Waals surface area (Å²) in [6.45, 7) is 1.93. The minimum Gasteiger partial charge on any atom is -0.380 e. The van der Waals surface area contributed by atoms with Crippen molar-refractivity contribution in [2.24, 2.45) is 0 Å². The van der Waals surface area contributed by atoms with Crippen molar-refractivity contribution in [1.82, 2.24) is 14.9 Å². The van der Waals surface area contributed by atoms with Crippen LogP contribution in [0.1, 0.15) is 27.2 Å². The molecule has 0 fully saturated rings. The van der Waals surface area contributed by atoms with Gasteiger partial charge in [0.25, 0.3) is 5.91 Å². The fraction of sp³-hybridized carbons (Fsp3) is 0.160. The third-order valence-corrected chi connectivity index (χ3v) is 5.51. The van der Waals surface area contributed by atoms with Crippen LogP contribution in [0.4, 0.5) is 5.69 Å². The molecule has 0 aliphatic carbocycles. The van der Waals surface area contributed by atoms with Crippen LogP contribution in [0.3, 0.4) is 0 Å². The van der Waals surface area contributed by atoms with Crippen LogP contribution in [0.2, 0.25) is 0 Å². The van der Waals surface area contributed by atoms with E-state index in [1.807, 2.05) is 59.6 Å². The Hall–Kier alpha value is -3.73. The molecule has 1 aliphatic rings. The average molecular weight is 394 g/mol. The van der Waals surface area contributed by atoms with Gasteiger partial charge in [-0.05, 0) is 35.4 Å². The third-order valence-electron chi connectivity index (χ3n) is 5.51. The van der Waals surface area contributed by atoms with Gasteiger partial charge in [-0.1, -0.05) is 42.5 Å². The molecule has 148 valence electrons. The van der Waals surface area contributed by atoms with E-state index in [1.54, 1.807) is 6.20 Å². The Morgan fingerprint density at radius 3 is 2.80 bits per heavy atom. The van der Waals surface area contributed by atoms with Gasteiger partial charge in [0.05, 0.1) is 11.1 Å². The Morgan fingerprint density at radius 2 is 1.90 bits per heavy atom. The monoisotopic (exact) mass is 394 g/mol. The van der Waals surface area contributed by atoms with Crippen LogP contribution in [-0.4, -0.2) is 27.3 Å². The van der Waals surface area contributed by atoms with Gasteiger partial charge in [0, 0.05) is 55.2 Å². The normalized spacial score (nSPS) is 12.9. The van der Waals surface area contributed by atoms with Gasteiger partial charge < -0.3 is 10.2 Å². The molecule has 1 aliphatic heterocycles. The number of carbonyl (C=O) groups is 1. The summed E-state index contributed by atoms with van der Waals surface area (Å²) in [6.07, 6.45) is 4.33. The molecule has 1 N–H and O–H groups in total. The molecule has 5 heteroatoms. The highest BCUT2D eigenvalue weighted by molar-refractivity contribution is 6.03. The Bertz CT molecular complexity index is 1210. The summed E-state index contributed by atoms with van der Waals surface area (Å²) in [5.41, 5.74) is 5.82. The second-order valence-corrected chi connectivity index (χ2v) is 7.53. The van der Waals surface area contributed by atoms with E-state index < -0.39 is 0 Å². The Kier molecular flexibility index (Phi) is 4.85. The number of aromatic nitrogens is 2. The number of para-hydroxylation sites is 1. The maximum absolute atomic E-state index is 13.1. The van der Waals surface area contributed by atoms with Crippen molar-refractivity contribution in [3.8, 4) is 0 Å². The number of fused-ring (bicyclic) bond motifs is 2. The second kappa shape index (κ2) is 7.95. The van der Waals surface area contributed by atoms with Gasteiger partial charge in [-0.25, -0.2) is 0 Å². The van der Waals surface area contributed by atoms with E-state index in [1.165, 1.54) is 0 Å². The van der Waals surface area contributed by atoms with E-state index in [4.69, 9.17) is 4.98 Å². The molecule has 3 heterocycles. The van der Waals surface area contributed by atoms with E-state index in [2.05, 4.69) is 28.5 Å². The lowest BCUT2D eigenvalue weighted by Gasteiger charge is -2.16. The van der Waals surface area contributed by atoms with Crippen molar-refractivity contribution < 1.29 is 4.79 Å². The summed E-state index contributed by atoms with van der Waals surface area (Å²) in [5, 5.41) is 4.54. The first-order valence-corrected chi connectivity index (χ1v) is 10.2. The number of hydrogen-bond acceptors (Lipinski definition) is 4. The van der Waals surface area contributed by atoms with E-state index in [-0.39, 0.29) is 5.91 Å². The van der Waals surface area contributed by atoms with Crippen LogP contribution in [0, 0.1) is 0 Å². The molecule has 1 amide bonds. The predicted molar refractivity (Wildman–Crippen MR) is 118 cm³/mol. The molecule has 5 nitrogen and oxygen atoms in total. The number of pyridine rings is 2. The summed E-state index contributed by atoms with van der Waals surface area (Å²) in [6, 6.07) is 22.2. The zero-order chi connectivity index (χ0) is 20.3. The topological polar surface area (TPSA) is 58.1 Å². The molecule has 5 rings (SSSR count). The first kappa shape index (κ1) is 18.3. The fourth-order valence-electron chi connectivity index (χ4n) is 3.94. The van der Waals surface area contributed by atoms with Crippen LogP contribution >= 0.6 is 0 Å². The third kappa shape index (κ3) is 3.62. The van der Waals surface area contributed by atoms with Crippen LogP contribution in [0.15, 0.2) is 79.1 Å². The molecular formula is C25H22N4O. The quantitative estimate of drug-likeness (QED) is 0.525. The molecular weight excluding hydrogens is 372 g/mol. The van der Waals surface area contributed by atoms with Gasteiger partial charge in [-0.3, -0.25) is 14.8 Å². The molecule has 0 unspecified atom stereocenters. The zero-order valence-corrected chi connectivity index (χ0v) is 16.6. The van der Waals surface area contributed by atoms with Gasteiger partial charge in [0.15, 0.2) is 0 Å². The number of rotatable bonds is 6. The van der Waals surface area contributed by atoms with E-state index in [0.717, 1.165) is 45.4 Å². The van der Waals surface area contributed by atoms with Crippen LogP contribution in [0.5, 0.6) is 0 Å². The highest BCUT2D eigenvalue weighted by atomic mass is 16.2. The summed E-state index contributed by atoms with van der Waals surface area (Å²) >= 11 is 0. The lowest BCUT2D eigenvalue weighted by atomic mass is 10.1. The van der Waals surface area contributed by atoms with Gasteiger partial charge in [-0.2, -0.15) is 0 Å². The largest absolute Gasteiger partial charge is 0.380 e. The minimum absolute atomic E-state index is 0.0834. The van der Waals surface area contributed by atoms with E-state index in [9.17, 15) is 4.79 Å². The van der Waals surface area contributed by atoms with Crippen molar-refractivity contribution in [2.75, 3.05) is 11.9 Å². The van der Waals surface area contributed by atoms with Crippen molar-refractivity contribution in [3.05, 3.63) is 102 Å². The molecule has 2 aromatic carbocycles. The van der Waals surface area contributed by atoms with Crippen molar-refractivity contribution in [1.29, 1.82) is 0 Å². The molecule has 0 spiro atoms. The van der Waals surface area contributed by atoms with E-state index >= 15 is 0 Å². The number of nitrogens with one attached hydrogen (secondary N) is 1. The summed E-state index contributed by atoms with van der Waals surface area (Å²) in [7, 11) is 0. The number of nitrogens with zero attached hydrogens (tertiary/aromatic N) is 3. The number of hydrogen-bond donors (Lipinski definition) is 1. The average Bonchev–Trinajstić information content (AvgIpc) is 3.13. The van der Waals surface area contributed by atoms with Crippen LogP contribution < -0.4 is 5.32 Å². The number of carbonyl (C=O) groups excluding carboxylic acids is 1. The lowest BCUT2D eigenvalue weighted by molar-refractivity contribution is 0.0780. The fourth-order valence-corrected chi connectivity index (χ4v) is 3.94. The van der Waals surface area contributed by atoms with Crippen molar-refractivity contribution >= 4 is 22.5 Å². The standard InChI is InChI=1S/C25H22N4O/c30-25-24-20(7-3-9-23(24)27-16-18-5-4-13-26-15-18)17-29(25)14-12-21-11-10-19-6-1-2-8-22(19)28-21/h1-11,13,15,27H,12,14,16-17H2. The molecule has 4 aromatic rings. The predicted octanol–water partition coefficient (Wildman–Crippen LogP) is 4.44. The van der Waals surface area contributed by atoms with Crippen LogP contribution in [-0.2, 0) is 19.5 Å².